The first-order chi connectivity index (χ1) is 12.3. The van der Waals surface area contributed by atoms with Crippen molar-refractivity contribution in [2.75, 3.05) is 5.32 Å². The summed E-state index contributed by atoms with van der Waals surface area (Å²) in [4.78, 5) is 12.5. The molecule has 3 rings (SSSR count). The molecule has 0 aliphatic rings. The predicted octanol–water partition coefficient (Wildman–Crippen LogP) is 4.15. The van der Waals surface area contributed by atoms with E-state index in [-0.39, 0.29) is 17.9 Å². The molecule has 26 heavy (non-hydrogen) atoms. The highest BCUT2D eigenvalue weighted by molar-refractivity contribution is 6.30. The highest BCUT2D eigenvalue weighted by Crippen LogP contribution is 2.34. The number of nitrogens with one attached hydrogen (secondary N) is 1. The molecule has 0 bridgehead atoms. The van der Waals surface area contributed by atoms with E-state index in [0.717, 1.165) is 6.07 Å². The minimum Gasteiger partial charge on any atom is -0.361 e. The molecule has 0 fully saturated rings. The minimum absolute atomic E-state index is 0.119. The third-order valence-corrected chi connectivity index (χ3v) is 3.80. The molecule has 0 radical (unpaired) electrons. The number of hydrogen-bond donors (Lipinski definition) is 1. The number of para-hydroxylation sites is 1. The molecule has 0 atom stereocenters. The van der Waals surface area contributed by atoms with Crippen LogP contribution in [0.25, 0.3) is 0 Å². The van der Waals surface area contributed by atoms with Gasteiger partial charge in [0.15, 0.2) is 5.69 Å². The second-order valence-corrected chi connectivity index (χ2v) is 5.86. The van der Waals surface area contributed by atoms with Gasteiger partial charge in [-0.3, -0.25) is 9.48 Å². The summed E-state index contributed by atoms with van der Waals surface area (Å²) < 4.78 is 45.7. The summed E-state index contributed by atoms with van der Waals surface area (Å²) >= 11 is 5.80. The highest BCUT2D eigenvalue weighted by Gasteiger charge is 2.34. The lowest BCUT2D eigenvalue weighted by Gasteiger charge is -2.13. The fraction of sp³-hybridized carbons (Fsp3) is 0.188. The number of carbonyl (C=O) groups is 1. The minimum atomic E-state index is -4.60. The first-order valence-electron chi connectivity index (χ1n) is 7.36. The van der Waals surface area contributed by atoms with Gasteiger partial charge < -0.3 is 9.84 Å². The first-order valence-corrected chi connectivity index (χ1v) is 7.74. The van der Waals surface area contributed by atoms with Crippen molar-refractivity contribution < 1.29 is 22.5 Å². The van der Waals surface area contributed by atoms with Gasteiger partial charge in [0.25, 0.3) is 5.91 Å². The van der Waals surface area contributed by atoms with Crippen molar-refractivity contribution in [1.29, 1.82) is 0 Å². The van der Waals surface area contributed by atoms with E-state index in [9.17, 15) is 18.0 Å². The molecule has 0 spiro atoms. The average Bonchev–Trinajstić information content (AvgIpc) is 3.14. The van der Waals surface area contributed by atoms with E-state index in [1.165, 1.54) is 35.3 Å². The Kier molecular flexibility index (Phi) is 4.73. The van der Waals surface area contributed by atoms with Gasteiger partial charge in [-0.05, 0) is 19.1 Å². The summed E-state index contributed by atoms with van der Waals surface area (Å²) in [5, 5.41) is 10.3. The van der Waals surface area contributed by atoms with Crippen molar-refractivity contribution in [3.8, 4) is 0 Å². The van der Waals surface area contributed by atoms with E-state index in [2.05, 4.69) is 15.6 Å². The Labute approximate surface area is 150 Å². The van der Waals surface area contributed by atoms with E-state index in [1.54, 1.807) is 6.92 Å². The number of anilines is 1. The second-order valence-electron chi connectivity index (χ2n) is 5.42. The zero-order chi connectivity index (χ0) is 18.9. The summed E-state index contributed by atoms with van der Waals surface area (Å²) in [6.07, 6.45) is -1.64. The van der Waals surface area contributed by atoms with Crippen LogP contribution in [0, 0.1) is 6.92 Å². The van der Waals surface area contributed by atoms with E-state index >= 15 is 0 Å². The molecule has 2 aromatic heterocycles. The fourth-order valence-electron chi connectivity index (χ4n) is 2.36. The molecule has 0 unspecified atom stereocenters. The van der Waals surface area contributed by atoms with Crippen molar-refractivity contribution in [2.45, 2.75) is 19.6 Å². The van der Waals surface area contributed by atoms with Crippen molar-refractivity contribution in [2.24, 2.45) is 0 Å². The van der Waals surface area contributed by atoms with Gasteiger partial charge in [-0.2, -0.15) is 18.3 Å². The van der Waals surface area contributed by atoms with Crippen LogP contribution in [0.3, 0.4) is 0 Å². The van der Waals surface area contributed by atoms with Crippen LogP contribution in [-0.4, -0.2) is 20.8 Å². The lowest BCUT2D eigenvalue weighted by Crippen LogP contribution is -2.19. The first kappa shape index (κ1) is 18.0. The summed E-state index contributed by atoms with van der Waals surface area (Å²) in [5.74, 6) is -0.460. The topological polar surface area (TPSA) is 73.0 Å². The fourth-order valence-corrected chi connectivity index (χ4v) is 2.52. The molecule has 6 nitrogen and oxygen atoms in total. The summed E-state index contributed by atoms with van der Waals surface area (Å²) in [6, 6.07) is 4.69. The van der Waals surface area contributed by atoms with Crippen LogP contribution in [-0.2, 0) is 12.7 Å². The zero-order valence-electron chi connectivity index (χ0n) is 13.3. The molecular weight excluding hydrogens is 373 g/mol. The Morgan fingerprint density at radius 1 is 1.35 bits per heavy atom. The van der Waals surface area contributed by atoms with Crippen molar-refractivity contribution in [1.82, 2.24) is 14.9 Å². The normalized spacial score (nSPS) is 11.6. The maximum absolute atomic E-state index is 13.1. The van der Waals surface area contributed by atoms with Crippen LogP contribution < -0.4 is 5.32 Å². The molecule has 3 aromatic rings. The van der Waals surface area contributed by atoms with Crippen LogP contribution in [0.4, 0.5) is 18.9 Å². The number of hydrogen-bond acceptors (Lipinski definition) is 4. The maximum Gasteiger partial charge on any atom is 0.418 e. The Morgan fingerprint density at radius 3 is 2.73 bits per heavy atom. The Balaban J connectivity index is 1.88. The van der Waals surface area contributed by atoms with Crippen LogP contribution in [0.1, 0.15) is 27.4 Å². The monoisotopic (exact) mass is 384 g/mol. The average molecular weight is 385 g/mol. The molecule has 1 N–H and O–H groups in total. The van der Waals surface area contributed by atoms with Crippen LogP contribution in [0.2, 0.25) is 5.02 Å². The molecule has 0 aliphatic carbocycles. The lowest BCUT2D eigenvalue weighted by atomic mass is 10.1. The number of halogens is 4. The SMILES string of the molecule is Cc1onc(C(=O)Nc2ccccc2C(F)(F)F)c1Cn1cc(Cl)cn1. The van der Waals surface area contributed by atoms with Crippen LogP contribution in [0.15, 0.2) is 41.2 Å². The Bertz CT molecular complexity index is 949. The molecule has 0 saturated heterocycles. The maximum atomic E-state index is 13.1. The summed E-state index contributed by atoms with van der Waals surface area (Å²) in [5.41, 5.74) is -1.04. The van der Waals surface area contributed by atoms with Gasteiger partial charge in [-0.15, -0.1) is 0 Å². The number of rotatable bonds is 4. The van der Waals surface area contributed by atoms with Gasteiger partial charge in [0.2, 0.25) is 0 Å². The van der Waals surface area contributed by atoms with Gasteiger partial charge in [0, 0.05) is 11.8 Å². The third-order valence-electron chi connectivity index (χ3n) is 3.60. The quantitative estimate of drug-likeness (QED) is 0.733. The summed E-state index contributed by atoms with van der Waals surface area (Å²) in [7, 11) is 0. The third kappa shape index (κ3) is 3.72. The molecule has 0 saturated carbocycles. The molecule has 0 aliphatic heterocycles. The van der Waals surface area contributed by atoms with Gasteiger partial charge >= 0.3 is 6.18 Å². The molecule has 1 aromatic carbocycles. The molecule has 10 heteroatoms. The standard InChI is InChI=1S/C16H12ClF3N4O2/c1-9-11(8-24-7-10(17)6-21-24)14(23-26-9)15(25)22-13-5-3-2-4-12(13)16(18,19)20/h2-7H,8H2,1H3,(H,22,25). The van der Waals surface area contributed by atoms with Gasteiger partial charge in [-0.25, -0.2) is 0 Å². The number of nitrogens with zero attached hydrogens (tertiary/aromatic N) is 3. The number of benzene rings is 1. The van der Waals surface area contributed by atoms with Gasteiger partial charge in [0.05, 0.1) is 29.0 Å². The molecule has 2 heterocycles. The van der Waals surface area contributed by atoms with E-state index < -0.39 is 17.6 Å². The number of amides is 1. The Morgan fingerprint density at radius 2 is 2.08 bits per heavy atom. The van der Waals surface area contributed by atoms with Crippen LogP contribution in [0.5, 0.6) is 0 Å². The summed E-state index contributed by atoms with van der Waals surface area (Å²) in [6.45, 7) is 1.72. The zero-order valence-corrected chi connectivity index (χ0v) is 14.1. The van der Waals surface area contributed by atoms with Crippen molar-refractivity contribution >= 4 is 23.2 Å². The van der Waals surface area contributed by atoms with E-state index in [0.29, 0.717) is 16.3 Å². The number of aromatic nitrogens is 3. The lowest BCUT2D eigenvalue weighted by molar-refractivity contribution is -0.136. The Hall–Kier alpha value is -2.81. The molecule has 1 amide bonds. The van der Waals surface area contributed by atoms with Gasteiger partial charge in [-0.1, -0.05) is 28.9 Å². The van der Waals surface area contributed by atoms with Crippen molar-refractivity contribution in [3.05, 3.63) is 64.3 Å². The molecular formula is C16H12ClF3N4O2. The number of alkyl halides is 3. The van der Waals surface area contributed by atoms with Crippen LogP contribution >= 0.6 is 11.6 Å². The second kappa shape index (κ2) is 6.83. The predicted molar refractivity (Wildman–Crippen MR) is 87.0 cm³/mol. The molecule has 136 valence electrons. The van der Waals surface area contributed by atoms with E-state index in [4.69, 9.17) is 16.1 Å². The smallest absolute Gasteiger partial charge is 0.361 e. The number of aryl methyl sites for hydroxylation is 1. The highest BCUT2D eigenvalue weighted by atomic mass is 35.5. The van der Waals surface area contributed by atoms with Crippen molar-refractivity contribution in [3.63, 3.8) is 0 Å². The van der Waals surface area contributed by atoms with E-state index in [1.807, 2.05) is 0 Å². The van der Waals surface area contributed by atoms with Gasteiger partial charge in [0.1, 0.15) is 5.76 Å². The largest absolute Gasteiger partial charge is 0.418 e. The number of carbonyl (C=O) groups excluding carboxylic acids is 1.